The van der Waals surface area contributed by atoms with Gasteiger partial charge in [0.25, 0.3) is 0 Å². The molecular formula is C17H22O3. The van der Waals surface area contributed by atoms with Crippen LogP contribution in [0.2, 0.25) is 0 Å². The van der Waals surface area contributed by atoms with Gasteiger partial charge in [0.15, 0.2) is 0 Å². The van der Waals surface area contributed by atoms with Crippen LogP contribution >= 0.6 is 0 Å². The molecule has 108 valence electrons. The molecule has 0 amide bonds. The van der Waals surface area contributed by atoms with Gasteiger partial charge in [-0.25, -0.2) is 0 Å². The highest BCUT2D eigenvalue weighted by Crippen LogP contribution is 2.54. The lowest BCUT2D eigenvalue weighted by Crippen LogP contribution is -2.42. The zero-order valence-electron chi connectivity index (χ0n) is 12.7. The first kappa shape index (κ1) is 13.3. The van der Waals surface area contributed by atoms with Gasteiger partial charge in [0.1, 0.15) is 17.2 Å². The number of fused-ring (bicyclic) bond motifs is 3. The van der Waals surface area contributed by atoms with Crippen molar-refractivity contribution in [2.24, 2.45) is 5.92 Å². The Bertz CT molecular complexity index is 544. The number of ether oxygens (including phenoxy) is 3. The monoisotopic (exact) mass is 274 g/mol. The Morgan fingerprint density at radius 1 is 1.25 bits per heavy atom. The van der Waals surface area contributed by atoms with Gasteiger partial charge in [-0.3, -0.25) is 0 Å². The molecule has 0 fully saturated rings. The van der Waals surface area contributed by atoms with Gasteiger partial charge in [0.05, 0.1) is 20.8 Å². The van der Waals surface area contributed by atoms with E-state index < -0.39 is 0 Å². The fourth-order valence-corrected chi connectivity index (χ4v) is 3.73. The highest BCUT2D eigenvalue weighted by molar-refractivity contribution is 5.56. The Balaban J connectivity index is 2.18. The SMILES string of the molecule is COc1cc(OC)c2c(c1)OC[C@H]1C(C)=CCC[C@@]21C. The van der Waals surface area contributed by atoms with Crippen LogP contribution in [-0.4, -0.2) is 20.8 Å². The molecule has 2 aliphatic rings. The van der Waals surface area contributed by atoms with Crippen LogP contribution in [0.15, 0.2) is 23.8 Å². The molecule has 0 unspecified atom stereocenters. The molecule has 1 aromatic rings. The molecule has 1 aliphatic carbocycles. The molecule has 0 saturated carbocycles. The molecule has 2 atom stereocenters. The summed E-state index contributed by atoms with van der Waals surface area (Å²) in [6, 6.07) is 3.94. The van der Waals surface area contributed by atoms with Crippen molar-refractivity contribution in [3.63, 3.8) is 0 Å². The Labute approximate surface area is 120 Å². The summed E-state index contributed by atoms with van der Waals surface area (Å²) in [5, 5.41) is 0. The first-order valence-electron chi connectivity index (χ1n) is 7.16. The molecule has 0 bridgehead atoms. The van der Waals surface area contributed by atoms with Gasteiger partial charge in [-0.2, -0.15) is 0 Å². The minimum Gasteiger partial charge on any atom is -0.496 e. The summed E-state index contributed by atoms with van der Waals surface area (Å²) in [5.74, 6) is 3.01. The molecule has 1 heterocycles. The van der Waals surface area contributed by atoms with Gasteiger partial charge in [0.2, 0.25) is 0 Å². The molecule has 0 spiro atoms. The van der Waals surface area contributed by atoms with E-state index in [9.17, 15) is 0 Å². The maximum Gasteiger partial charge on any atom is 0.130 e. The van der Waals surface area contributed by atoms with Gasteiger partial charge in [-0.1, -0.05) is 18.6 Å². The summed E-state index contributed by atoms with van der Waals surface area (Å²) in [6.07, 6.45) is 4.60. The van der Waals surface area contributed by atoms with E-state index in [0.717, 1.165) is 36.7 Å². The number of hydrogen-bond donors (Lipinski definition) is 0. The molecule has 0 aromatic heterocycles. The van der Waals surface area contributed by atoms with Crippen molar-refractivity contribution in [1.82, 2.24) is 0 Å². The summed E-state index contributed by atoms with van der Waals surface area (Å²) in [5.41, 5.74) is 2.72. The van der Waals surface area contributed by atoms with Gasteiger partial charge in [0, 0.05) is 29.0 Å². The van der Waals surface area contributed by atoms with E-state index in [0.29, 0.717) is 5.92 Å². The largest absolute Gasteiger partial charge is 0.496 e. The maximum absolute atomic E-state index is 6.01. The van der Waals surface area contributed by atoms with Crippen molar-refractivity contribution in [3.05, 3.63) is 29.3 Å². The van der Waals surface area contributed by atoms with Crippen molar-refractivity contribution >= 4 is 0 Å². The summed E-state index contributed by atoms with van der Waals surface area (Å²) in [7, 11) is 3.38. The highest BCUT2D eigenvalue weighted by atomic mass is 16.5. The third-order valence-corrected chi connectivity index (χ3v) is 4.92. The lowest BCUT2D eigenvalue weighted by atomic mass is 9.62. The average Bonchev–Trinajstić information content (AvgIpc) is 2.45. The first-order chi connectivity index (χ1) is 9.60. The van der Waals surface area contributed by atoms with E-state index in [1.54, 1.807) is 14.2 Å². The second-order valence-electron chi connectivity index (χ2n) is 5.97. The second kappa shape index (κ2) is 4.72. The topological polar surface area (TPSA) is 27.7 Å². The second-order valence-corrected chi connectivity index (χ2v) is 5.97. The molecule has 3 nitrogen and oxygen atoms in total. The summed E-state index contributed by atoms with van der Waals surface area (Å²) in [6.45, 7) is 5.29. The lowest BCUT2D eigenvalue weighted by molar-refractivity contribution is 0.145. The minimum atomic E-state index is 0.0873. The molecule has 3 heteroatoms. The van der Waals surface area contributed by atoms with E-state index in [2.05, 4.69) is 19.9 Å². The van der Waals surface area contributed by atoms with Gasteiger partial charge >= 0.3 is 0 Å². The minimum absolute atomic E-state index is 0.0873. The van der Waals surface area contributed by atoms with Crippen molar-refractivity contribution in [3.8, 4) is 17.2 Å². The predicted molar refractivity (Wildman–Crippen MR) is 78.9 cm³/mol. The normalized spacial score (nSPS) is 27.8. The quantitative estimate of drug-likeness (QED) is 0.769. The number of rotatable bonds is 2. The van der Waals surface area contributed by atoms with Crippen LogP contribution in [-0.2, 0) is 5.41 Å². The predicted octanol–water partition coefficient (Wildman–Crippen LogP) is 3.71. The Hall–Kier alpha value is -1.64. The van der Waals surface area contributed by atoms with Crippen LogP contribution < -0.4 is 14.2 Å². The van der Waals surface area contributed by atoms with Crippen LogP contribution in [0.25, 0.3) is 0 Å². The van der Waals surface area contributed by atoms with Crippen molar-refractivity contribution < 1.29 is 14.2 Å². The van der Waals surface area contributed by atoms with Crippen LogP contribution in [0, 0.1) is 5.92 Å². The van der Waals surface area contributed by atoms with E-state index in [4.69, 9.17) is 14.2 Å². The molecule has 0 N–H and O–H groups in total. The smallest absolute Gasteiger partial charge is 0.130 e. The lowest BCUT2D eigenvalue weighted by Gasteiger charge is -2.46. The van der Waals surface area contributed by atoms with Crippen LogP contribution in [0.3, 0.4) is 0 Å². The fraction of sp³-hybridized carbons (Fsp3) is 0.529. The standard InChI is InChI=1S/C17H22O3/c1-11-6-5-7-17(2)13(11)10-20-15-9-12(18-3)8-14(19-4)16(15)17/h6,8-9,13H,5,7,10H2,1-4H3/t13-,17+/m0/s1. The summed E-state index contributed by atoms with van der Waals surface area (Å²) in [4.78, 5) is 0. The zero-order valence-corrected chi connectivity index (χ0v) is 12.7. The van der Waals surface area contributed by atoms with Gasteiger partial charge in [-0.15, -0.1) is 0 Å². The van der Waals surface area contributed by atoms with Crippen LogP contribution in [0.5, 0.6) is 17.2 Å². The van der Waals surface area contributed by atoms with E-state index in [1.807, 2.05) is 12.1 Å². The Morgan fingerprint density at radius 3 is 2.75 bits per heavy atom. The van der Waals surface area contributed by atoms with Gasteiger partial charge in [-0.05, 0) is 19.8 Å². The van der Waals surface area contributed by atoms with E-state index in [-0.39, 0.29) is 5.41 Å². The number of benzene rings is 1. The molecule has 3 rings (SSSR count). The molecule has 0 saturated heterocycles. The highest BCUT2D eigenvalue weighted by Gasteiger charge is 2.45. The molecule has 1 aromatic carbocycles. The fourth-order valence-electron chi connectivity index (χ4n) is 3.73. The van der Waals surface area contributed by atoms with Crippen LogP contribution in [0.1, 0.15) is 32.3 Å². The van der Waals surface area contributed by atoms with E-state index >= 15 is 0 Å². The number of allylic oxidation sites excluding steroid dienone is 1. The molecule has 1 aliphatic heterocycles. The van der Waals surface area contributed by atoms with Gasteiger partial charge < -0.3 is 14.2 Å². The third-order valence-electron chi connectivity index (χ3n) is 4.92. The van der Waals surface area contributed by atoms with Crippen LogP contribution in [0.4, 0.5) is 0 Å². The molecule has 20 heavy (non-hydrogen) atoms. The first-order valence-corrected chi connectivity index (χ1v) is 7.16. The molecule has 0 radical (unpaired) electrons. The van der Waals surface area contributed by atoms with Crippen molar-refractivity contribution in [2.45, 2.75) is 32.1 Å². The Kier molecular flexibility index (Phi) is 3.15. The average molecular weight is 274 g/mol. The third kappa shape index (κ3) is 1.80. The summed E-state index contributed by atoms with van der Waals surface area (Å²) >= 11 is 0. The number of hydrogen-bond acceptors (Lipinski definition) is 3. The number of methoxy groups -OCH3 is 2. The molecular weight excluding hydrogens is 252 g/mol. The van der Waals surface area contributed by atoms with Crippen molar-refractivity contribution in [2.75, 3.05) is 20.8 Å². The Morgan fingerprint density at radius 2 is 2.05 bits per heavy atom. The zero-order chi connectivity index (χ0) is 14.3. The summed E-state index contributed by atoms with van der Waals surface area (Å²) < 4.78 is 17.0. The van der Waals surface area contributed by atoms with Crippen molar-refractivity contribution in [1.29, 1.82) is 0 Å². The van der Waals surface area contributed by atoms with E-state index in [1.165, 1.54) is 11.1 Å². The maximum atomic E-state index is 6.01.